The zero-order valence-corrected chi connectivity index (χ0v) is 11.0. The summed E-state index contributed by atoms with van der Waals surface area (Å²) >= 11 is 3.59. The third kappa shape index (κ3) is 1.61. The third-order valence-electron chi connectivity index (χ3n) is 3.49. The van der Waals surface area contributed by atoms with Gasteiger partial charge in [0.1, 0.15) is 0 Å². The van der Waals surface area contributed by atoms with Crippen LogP contribution < -0.4 is 10.7 Å². The molecule has 0 amide bonds. The standard InChI is InChI=1S/C13H15BrN2/c1-9-7-10(14)12-11(8-9)15-13(16-12)5-3-2-4-6-13/h7-8H,2-6H2,1H3. The second kappa shape index (κ2) is 3.66. The van der Waals surface area contributed by atoms with Gasteiger partial charge in [0.15, 0.2) is 5.66 Å². The Hall–Kier alpha value is -0.700. The molecule has 16 heavy (non-hydrogen) atoms. The zero-order chi connectivity index (χ0) is 11.2. The van der Waals surface area contributed by atoms with Crippen molar-refractivity contribution in [1.29, 1.82) is 0 Å². The SMILES string of the molecule is Cc1cc(Br)c2c(c1)=NC1(CCCCC1)N=2. The Morgan fingerprint density at radius 1 is 1.12 bits per heavy atom. The highest BCUT2D eigenvalue weighted by Crippen LogP contribution is 2.33. The lowest BCUT2D eigenvalue weighted by Gasteiger charge is -2.27. The maximum Gasteiger partial charge on any atom is 0.151 e. The van der Waals surface area contributed by atoms with E-state index in [9.17, 15) is 0 Å². The first kappa shape index (κ1) is 10.5. The third-order valence-corrected chi connectivity index (χ3v) is 4.09. The van der Waals surface area contributed by atoms with Crippen molar-refractivity contribution in [1.82, 2.24) is 0 Å². The summed E-state index contributed by atoms with van der Waals surface area (Å²) in [6, 6.07) is 4.27. The van der Waals surface area contributed by atoms with E-state index >= 15 is 0 Å². The number of aryl methyl sites for hydroxylation is 1. The van der Waals surface area contributed by atoms with Crippen molar-refractivity contribution in [2.75, 3.05) is 0 Å². The van der Waals surface area contributed by atoms with E-state index in [4.69, 9.17) is 9.98 Å². The van der Waals surface area contributed by atoms with Crippen LogP contribution in [0.4, 0.5) is 0 Å². The molecule has 1 aliphatic heterocycles. The molecule has 1 aromatic carbocycles. The van der Waals surface area contributed by atoms with Crippen LogP contribution >= 0.6 is 15.9 Å². The number of rotatable bonds is 0. The quantitative estimate of drug-likeness (QED) is 0.697. The molecule has 0 bridgehead atoms. The van der Waals surface area contributed by atoms with Gasteiger partial charge in [0.25, 0.3) is 0 Å². The Bertz CT molecular complexity index is 542. The lowest BCUT2D eigenvalue weighted by Crippen LogP contribution is -2.26. The van der Waals surface area contributed by atoms with Gasteiger partial charge in [0.05, 0.1) is 10.7 Å². The van der Waals surface area contributed by atoms with Crippen LogP contribution in [-0.2, 0) is 0 Å². The second-order valence-electron chi connectivity index (χ2n) is 4.88. The minimum atomic E-state index is -0.114. The minimum absolute atomic E-state index is 0.114. The molecule has 3 heteroatoms. The van der Waals surface area contributed by atoms with E-state index in [1.54, 1.807) is 0 Å². The fraction of sp³-hybridized carbons (Fsp3) is 0.538. The van der Waals surface area contributed by atoms with Crippen molar-refractivity contribution in [3.05, 3.63) is 32.9 Å². The molecule has 1 aromatic rings. The van der Waals surface area contributed by atoms with Crippen molar-refractivity contribution in [2.45, 2.75) is 44.7 Å². The Labute approximate surface area is 104 Å². The van der Waals surface area contributed by atoms with Gasteiger partial charge in [-0.2, -0.15) is 0 Å². The Kier molecular flexibility index (Phi) is 2.39. The van der Waals surface area contributed by atoms with Crippen LogP contribution in [0.15, 0.2) is 26.6 Å². The number of hydrogen-bond acceptors (Lipinski definition) is 2. The highest BCUT2D eigenvalue weighted by Gasteiger charge is 2.33. The van der Waals surface area contributed by atoms with Gasteiger partial charge in [-0.1, -0.05) is 6.42 Å². The number of hydrogen-bond donors (Lipinski definition) is 0. The average molecular weight is 279 g/mol. The normalized spacial score (nSPS) is 21.4. The van der Waals surface area contributed by atoms with E-state index in [-0.39, 0.29) is 5.66 Å². The molecule has 0 atom stereocenters. The van der Waals surface area contributed by atoms with Gasteiger partial charge < -0.3 is 0 Å². The summed E-state index contributed by atoms with van der Waals surface area (Å²) in [7, 11) is 0. The van der Waals surface area contributed by atoms with Crippen molar-refractivity contribution < 1.29 is 0 Å². The molecule has 1 saturated carbocycles. The molecule has 2 aliphatic rings. The predicted molar refractivity (Wildman–Crippen MR) is 67.0 cm³/mol. The fourth-order valence-corrected chi connectivity index (χ4v) is 3.36. The van der Waals surface area contributed by atoms with Crippen LogP contribution in [0, 0.1) is 6.92 Å². The van der Waals surface area contributed by atoms with Crippen LogP contribution in [0.3, 0.4) is 0 Å². The number of benzene rings is 1. The lowest BCUT2D eigenvalue weighted by molar-refractivity contribution is 0.308. The molecule has 0 unspecified atom stereocenters. The topological polar surface area (TPSA) is 24.7 Å². The highest BCUT2D eigenvalue weighted by atomic mass is 79.9. The minimum Gasteiger partial charge on any atom is -0.253 e. The van der Waals surface area contributed by atoms with Crippen molar-refractivity contribution in [3.8, 4) is 0 Å². The molecule has 84 valence electrons. The molecular formula is C13H15BrN2. The highest BCUT2D eigenvalue weighted by molar-refractivity contribution is 9.10. The first-order valence-electron chi connectivity index (χ1n) is 5.95. The average Bonchev–Trinajstić information content (AvgIpc) is 2.57. The predicted octanol–water partition coefficient (Wildman–Crippen LogP) is 2.67. The Morgan fingerprint density at radius 2 is 1.88 bits per heavy atom. The van der Waals surface area contributed by atoms with E-state index in [1.807, 2.05) is 0 Å². The van der Waals surface area contributed by atoms with Crippen LogP contribution in [0.2, 0.25) is 0 Å². The largest absolute Gasteiger partial charge is 0.253 e. The fourth-order valence-electron chi connectivity index (χ4n) is 2.71. The van der Waals surface area contributed by atoms with Gasteiger partial charge in [-0.15, -0.1) is 0 Å². The summed E-state index contributed by atoms with van der Waals surface area (Å²) in [6.07, 6.45) is 6.10. The molecule has 0 aromatic heterocycles. The molecule has 0 saturated heterocycles. The van der Waals surface area contributed by atoms with E-state index in [2.05, 4.69) is 35.0 Å². The van der Waals surface area contributed by atoms with Crippen molar-refractivity contribution >= 4 is 15.9 Å². The summed E-state index contributed by atoms with van der Waals surface area (Å²) in [6.45, 7) is 2.10. The first-order chi connectivity index (χ1) is 7.69. The first-order valence-corrected chi connectivity index (χ1v) is 6.74. The van der Waals surface area contributed by atoms with Gasteiger partial charge in [-0.25, -0.2) is 0 Å². The molecule has 0 radical (unpaired) electrons. The summed E-state index contributed by atoms with van der Waals surface area (Å²) < 4.78 is 1.09. The monoisotopic (exact) mass is 278 g/mol. The lowest BCUT2D eigenvalue weighted by atomic mass is 9.90. The van der Waals surface area contributed by atoms with Gasteiger partial charge in [-0.05, 0) is 66.2 Å². The van der Waals surface area contributed by atoms with Crippen molar-refractivity contribution in [3.63, 3.8) is 0 Å². The molecule has 1 spiro atoms. The zero-order valence-electron chi connectivity index (χ0n) is 9.46. The summed E-state index contributed by atoms with van der Waals surface area (Å²) in [5, 5.41) is 2.14. The van der Waals surface area contributed by atoms with Crippen LogP contribution in [0.25, 0.3) is 0 Å². The molecule has 0 N–H and O–H groups in total. The number of halogens is 1. The van der Waals surface area contributed by atoms with Gasteiger partial charge >= 0.3 is 0 Å². The molecule has 1 aliphatic carbocycles. The van der Waals surface area contributed by atoms with Crippen LogP contribution in [-0.4, -0.2) is 5.66 Å². The van der Waals surface area contributed by atoms with E-state index in [0.717, 1.165) is 28.0 Å². The van der Waals surface area contributed by atoms with Crippen LogP contribution in [0.1, 0.15) is 37.7 Å². The maximum absolute atomic E-state index is 4.87. The molecule has 1 heterocycles. The van der Waals surface area contributed by atoms with Crippen LogP contribution in [0.5, 0.6) is 0 Å². The Morgan fingerprint density at radius 3 is 2.62 bits per heavy atom. The number of fused-ring (bicyclic) bond motifs is 1. The van der Waals surface area contributed by atoms with Gasteiger partial charge in [0.2, 0.25) is 0 Å². The summed E-state index contributed by atoms with van der Waals surface area (Å²) in [4.78, 5) is 9.74. The smallest absolute Gasteiger partial charge is 0.151 e. The maximum atomic E-state index is 4.87. The van der Waals surface area contributed by atoms with E-state index in [0.29, 0.717) is 0 Å². The second-order valence-corrected chi connectivity index (χ2v) is 5.74. The molecular weight excluding hydrogens is 264 g/mol. The van der Waals surface area contributed by atoms with Gasteiger partial charge in [-0.3, -0.25) is 9.98 Å². The summed E-state index contributed by atoms with van der Waals surface area (Å²) in [5.74, 6) is 0. The van der Waals surface area contributed by atoms with E-state index in [1.165, 1.54) is 24.8 Å². The summed E-state index contributed by atoms with van der Waals surface area (Å²) in [5.41, 5.74) is 1.13. The molecule has 3 rings (SSSR count). The van der Waals surface area contributed by atoms with E-state index < -0.39 is 0 Å². The molecule has 2 nitrogen and oxygen atoms in total. The van der Waals surface area contributed by atoms with Crippen molar-refractivity contribution in [2.24, 2.45) is 9.98 Å². The Balaban J connectivity index is 2.18. The number of nitrogens with zero attached hydrogens (tertiary/aromatic N) is 2. The molecule has 1 fully saturated rings. The van der Waals surface area contributed by atoms with Gasteiger partial charge in [0, 0.05) is 4.47 Å².